The van der Waals surface area contributed by atoms with Gasteiger partial charge in [0.25, 0.3) is 0 Å². The summed E-state index contributed by atoms with van der Waals surface area (Å²) in [5.74, 6) is 1.37. The van der Waals surface area contributed by atoms with Gasteiger partial charge in [-0.3, -0.25) is 4.57 Å². The van der Waals surface area contributed by atoms with Crippen molar-refractivity contribution in [3.05, 3.63) is 90.5 Å². The summed E-state index contributed by atoms with van der Waals surface area (Å²) in [6.07, 6.45) is 6.11. The molecule has 0 radical (unpaired) electrons. The number of hydrogen-bond acceptors (Lipinski definition) is 2. The first-order valence-corrected chi connectivity index (χ1v) is 12.3. The third-order valence-corrected chi connectivity index (χ3v) is 7.84. The molecule has 29 heavy (non-hydrogen) atoms. The van der Waals surface area contributed by atoms with Crippen LogP contribution in [0.2, 0.25) is 0 Å². The summed E-state index contributed by atoms with van der Waals surface area (Å²) in [6, 6.07) is 27.1. The molecule has 3 aromatic carbocycles. The lowest BCUT2D eigenvalue weighted by Crippen LogP contribution is -2.20. The monoisotopic (exact) mass is 406 g/mol. The molecular formula is C26H31O2P. The second-order valence-corrected chi connectivity index (χ2v) is 9.90. The van der Waals surface area contributed by atoms with Crippen LogP contribution in [0.15, 0.2) is 84.9 Å². The van der Waals surface area contributed by atoms with Gasteiger partial charge in [0.1, 0.15) is 5.75 Å². The second-order valence-electron chi connectivity index (χ2n) is 7.58. The first kappa shape index (κ1) is 21.4. The lowest BCUT2D eigenvalue weighted by molar-refractivity contribution is 0.449. The fourth-order valence-corrected chi connectivity index (χ4v) is 5.67. The minimum atomic E-state index is -3.21. The highest BCUT2D eigenvalue weighted by atomic mass is 31.2. The molecule has 0 aliphatic carbocycles. The average molecular weight is 407 g/mol. The van der Waals surface area contributed by atoms with Gasteiger partial charge in [-0.15, -0.1) is 0 Å². The zero-order chi connectivity index (χ0) is 20.5. The quantitative estimate of drug-likeness (QED) is 0.348. The molecule has 0 spiro atoms. The molecule has 0 saturated heterocycles. The van der Waals surface area contributed by atoms with E-state index < -0.39 is 7.37 Å². The Morgan fingerprint density at radius 1 is 0.793 bits per heavy atom. The standard InChI is InChI=1S/C26H31O2P/c1-3-5-12-22(4-2)21-23-17-19-24(20-18-23)28-29(27,25-13-8-6-9-14-25)26-15-10-7-11-16-26/h6-11,13-20,22H,3-5,12,21H2,1-2H3. The van der Waals surface area contributed by atoms with E-state index >= 15 is 0 Å². The van der Waals surface area contributed by atoms with E-state index in [0.717, 1.165) is 12.3 Å². The normalized spacial score (nSPS) is 12.5. The topological polar surface area (TPSA) is 26.3 Å². The van der Waals surface area contributed by atoms with Crippen LogP contribution < -0.4 is 15.1 Å². The van der Waals surface area contributed by atoms with Gasteiger partial charge in [0.05, 0.1) is 10.6 Å². The van der Waals surface area contributed by atoms with Gasteiger partial charge in [-0.05, 0) is 54.3 Å². The zero-order valence-corrected chi connectivity index (χ0v) is 18.4. The highest BCUT2D eigenvalue weighted by Gasteiger charge is 2.29. The summed E-state index contributed by atoms with van der Waals surface area (Å²) in [5.41, 5.74) is 1.31. The summed E-state index contributed by atoms with van der Waals surface area (Å²) in [5, 5.41) is 1.42. The third kappa shape index (κ3) is 5.61. The predicted molar refractivity (Wildman–Crippen MR) is 124 cm³/mol. The van der Waals surface area contributed by atoms with E-state index in [1.165, 1.54) is 31.2 Å². The van der Waals surface area contributed by atoms with Crippen LogP contribution in [-0.4, -0.2) is 0 Å². The number of benzene rings is 3. The van der Waals surface area contributed by atoms with Crippen molar-refractivity contribution in [2.45, 2.75) is 46.0 Å². The highest BCUT2D eigenvalue weighted by Crippen LogP contribution is 2.45. The summed E-state index contributed by atoms with van der Waals surface area (Å²) >= 11 is 0. The summed E-state index contributed by atoms with van der Waals surface area (Å²) < 4.78 is 20.2. The van der Waals surface area contributed by atoms with Gasteiger partial charge >= 0.3 is 7.37 Å². The Morgan fingerprint density at radius 2 is 1.34 bits per heavy atom. The molecule has 152 valence electrons. The van der Waals surface area contributed by atoms with Crippen LogP contribution in [0, 0.1) is 5.92 Å². The molecule has 1 atom stereocenters. The largest absolute Gasteiger partial charge is 0.437 e. The summed E-state index contributed by atoms with van der Waals surface area (Å²) in [4.78, 5) is 0. The average Bonchev–Trinajstić information content (AvgIpc) is 2.79. The SMILES string of the molecule is CCCCC(CC)Cc1ccc(OP(=O)(c2ccccc2)c2ccccc2)cc1. The van der Waals surface area contributed by atoms with Crippen molar-refractivity contribution in [2.75, 3.05) is 0 Å². The van der Waals surface area contributed by atoms with Crippen LogP contribution in [0.3, 0.4) is 0 Å². The predicted octanol–water partition coefficient (Wildman–Crippen LogP) is 6.75. The van der Waals surface area contributed by atoms with E-state index in [0.29, 0.717) is 16.4 Å². The van der Waals surface area contributed by atoms with Crippen LogP contribution in [0.4, 0.5) is 0 Å². The summed E-state index contributed by atoms with van der Waals surface area (Å²) in [7, 11) is -3.21. The van der Waals surface area contributed by atoms with Crippen LogP contribution in [0.25, 0.3) is 0 Å². The smallest absolute Gasteiger partial charge is 0.306 e. The molecule has 0 aromatic heterocycles. The maximum Gasteiger partial charge on any atom is 0.306 e. The highest BCUT2D eigenvalue weighted by molar-refractivity contribution is 7.74. The van der Waals surface area contributed by atoms with Crippen molar-refractivity contribution in [3.63, 3.8) is 0 Å². The van der Waals surface area contributed by atoms with Crippen LogP contribution in [-0.2, 0) is 11.0 Å². The van der Waals surface area contributed by atoms with Crippen molar-refractivity contribution in [3.8, 4) is 5.75 Å². The molecule has 2 nitrogen and oxygen atoms in total. The first-order chi connectivity index (χ1) is 14.2. The molecule has 0 heterocycles. The Morgan fingerprint density at radius 3 is 1.83 bits per heavy atom. The molecule has 0 saturated carbocycles. The van der Waals surface area contributed by atoms with E-state index in [9.17, 15) is 4.57 Å². The van der Waals surface area contributed by atoms with Gasteiger partial charge in [0.2, 0.25) is 0 Å². The Labute approximate surface area is 175 Å². The Balaban J connectivity index is 1.81. The van der Waals surface area contributed by atoms with Gasteiger partial charge in [0.15, 0.2) is 0 Å². The third-order valence-electron chi connectivity index (χ3n) is 5.42. The maximum absolute atomic E-state index is 14.0. The minimum absolute atomic E-state index is 0.645. The molecule has 0 N–H and O–H groups in total. The Kier molecular flexibility index (Phi) is 7.72. The lowest BCUT2D eigenvalue weighted by Gasteiger charge is -2.21. The fraction of sp³-hybridized carbons (Fsp3) is 0.308. The molecule has 0 fully saturated rings. The second kappa shape index (κ2) is 10.5. The maximum atomic E-state index is 14.0. The molecule has 3 aromatic rings. The molecule has 0 aliphatic rings. The molecular weight excluding hydrogens is 375 g/mol. The van der Waals surface area contributed by atoms with E-state index in [4.69, 9.17) is 4.52 Å². The number of hydrogen-bond donors (Lipinski definition) is 0. The molecule has 3 heteroatoms. The Bertz CT molecular complexity index is 861. The van der Waals surface area contributed by atoms with Crippen molar-refractivity contribution < 1.29 is 9.09 Å². The van der Waals surface area contributed by atoms with E-state index in [-0.39, 0.29) is 0 Å². The van der Waals surface area contributed by atoms with Crippen molar-refractivity contribution in [1.82, 2.24) is 0 Å². The molecule has 0 aliphatic heterocycles. The first-order valence-electron chi connectivity index (χ1n) is 10.7. The van der Waals surface area contributed by atoms with E-state index in [1.54, 1.807) is 0 Å². The van der Waals surface area contributed by atoms with Gasteiger partial charge < -0.3 is 4.52 Å². The fourth-order valence-electron chi connectivity index (χ4n) is 3.61. The number of unbranched alkanes of at least 4 members (excludes halogenated alkanes) is 1. The van der Waals surface area contributed by atoms with Gasteiger partial charge in [-0.1, -0.05) is 88.1 Å². The van der Waals surface area contributed by atoms with Crippen molar-refractivity contribution >= 4 is 18.0 Å². The van der Waals surface area contributed by atoms with Crippen LogP contribution in [0.5, 0.6) is 5.75 Å². The molecule has 3 rings (SSSR count). The molecule has 0 amide bonds. The summed E-state index contributed by atoms with van der Waals surface area (Å²) in [6.45, 7) is 4.52. The molecule has 0 bridgehead atoms. The van der Waals surface area contributed by atoms with Crippen LogP contribution >= 0.6 is 7.37 Å². The van der Waals surface area contributed by atoms with Gasteiger partial charge in [0, 0.05) is 0 Å². The zero-order valence-electron chi connectivity index (χ0n) is 17.5. The lowest BCUT2D eigenvalue weighted by atomic mass is 9.92. The van der Waals surface area contributed by atoms with E-state index in [1.807, 2.05) is 72.8 Å². The van der Waals surface area contributed by atoms with Gasteiger partial charge in [-0.25, -0.2) is 0 Å². The van der Waals surface area contributed by atoms with Gasteiger partial charge in [-0.2, -0.15) is 0 Å². The van der Waals surface area contributed by atoms with Crippen molar-refractivity contribution in [2.24, 2.45) is 5.92 Å². The number of rotatable bonds is 10. The van der Waals surface area contributed by atoms with Crippen LogP contribution in [0.1, 0.15) is 45.1 Å². The van der Waals surface area contributed by atoms with Crippen molar-refractivity contribution in [1.29, 1.82) is 0 Å². The van der Waals surface area contributed by atoms with E-state index in [2.05, 4.69) is 26.0 Å². The Hall–Kier alpha value is -2.31. The minimum Gasteiger partial charge on any atom is -0.437 e. The molecule has 1 unspecified atom stereocenters.